The molecule has 0 amide bonds. The Morgan fingerprint density at radius 2 is 1.94 bits per heavy atom. The summed E-state index contributed by atoms with van der Waals surface area (Å²) in [5.41, 5.74) is 1.09. The van der Waals surface area contributed by atoms with Gasteiger partial charge in [-0.2, -0.15) is 0 Å². The molecule has 17 heavy (non-hydrogen) atoms. The fourth-order valence-corrected chi connectivity index (χ4v) is 1.79. The van der Waals surface area contributed by atoms with Gasteiger partial charge in [-0.15, -0.1) is 12.4 Å². The average molecular weight is 280 g/mol. The van der Waals surface area contributed by atoms with Gasteiger partial charge >= 0.3 is 0 Å². The summed E-state index contributed by atoms with van der Waals surface area (Å²) in [6.07, 6.45) is 1.11. The third kappa shape index (κ3) is 4.62. The second-order valence-electron chi connectivity index (χ2n) is 3.49. The molecule has 0 aliphatic carbocycles. The third-order valence-electron chi connectivity index (χ3n) is 2.25. The Balaban J connectivity index is 0.00000256. The Hall–Kier alpha value is -0.640. The van der Waals surface area contributed by atoms with Crippen LogP contribution < -0.4 is 14.8 Å². The standard InChI is InChI=1S/C12H18ClNO2.ClH/c1-4-5-14-8-9-6-10(13)12(16-3)11(7-9)15-2;/h6-7,14H,4-5,8H2,1-3H3;1H. The molecular formula is C12H19Cl2NO2. The molecule has 98 valence electrons. The molecule has 5 heteroatoms. The second kappa shape index (κ2) is 8.45. The van der Waals surface area contributed by atoms with Crippen molar-refractivity contribution >= 4 is 24.0 Å². The molecule has 0 saturated carbocycles. The number of hydrogen-bond acceptors (Lipinski definition) is 3. The van der Waals surface area contributed by atoms with Crippen molar-refractivity contribution in [1.29, 1.82) is 0 Å². The summed E-state index contributed by atoms with van der Waals surface area (Å²) in [6.45, 7) is 3.91. The van der Waals surface area contributed by atoms with Gasteiger partial charge < -0.3 is 14.8 Å². The Morgan fingerprint density at radius 3 is 2.47 bits per heavy atom. The van der Waals surface area contributed by atoms with Crippen molar-refractivity contribution < 1.29 is 9.47 Å². The van der Waals surface area contributed by atoms with E-state index in [4.69, 9.17) is 21.1 Å². The molecule has 0 spiro atoms. The minimum Gasteiger partial charge on any atom is -0.493 e. The Labute approximate surface area is 114 Å². The van der Waals surface area contributed by atoms with Crippen LogP contribution in [0.4, 0.5) is 0 Å². The van der Waals surface area contributed by atoms with E-state index in [1.807, 2.05) is 12.1 Å². The number of methoxy groups -OCH3 is 2. The number of ether oxygens (including phenoxy) is 2. The van der Waals surface area contributed by atoms with Crippen LogP contribution in [0, 0.1) is 0 Å². The number of hydrogen-bond donors (Lipinski definition) is 1. The lowest BCUT2D eigenvalue weighted by Crippen LogP contribution is -2.13. The average Bonchev–Trinajstić information content (AvgIpc) is 2.28. The minimum absolute atomic E-state index is 0. The molecule has 0 aliphatic heterocycles. The first-order valence-electron chi connectivity index (χ1n) is 5.34. The minimum atomic E-state index is 0. The van der Waals surface area contributed by atoms with E-state index in [2.05, 4.69) is 12.2 Å². The summed E-state index contributed by atoms with van der Waals surface area (Å²) in [5, 5.41) is 3.89. The fourth-order valence-electron chi connectivity index (χ4n) is 1.48. The van der Waals surface area contributed by atoms with Crippen molar-refractivity contribution in [3.05, 3.63) is 22.7 Å². The van der Waals surface area contributed by atoms with Crippen LogP contribution in [-0.2, 0) is 6.54 Å². The zero-order chi connectivity index (χ0) is 12.0. The topological polar surface area (TPSA) is 30.5 Å². The number of benzene rings is 1. The van der Waals surface area contributed by atoms with E-state index < -0.39 is 0 Å². The molecule has 3 nitrogen and oxygen atoms in total. The van der Waals surface area contributed by atoms with E-state index >= 15 is 0 Å². The molecule has 0 heterocycles. The quantitative estimate of drug-likeness (QED) is 0.811. The lowest BCUT2D eigenvalue weighted by Gasteiger charge is -2.12. The lowest BCUT2D eigenvalue weighted by molar-refractivity contribution is 0.354. The molecule has 0 atom stereocenters. The predicted molar refractivity (Wildman–Crippen MR) is 73.8 cm³/mol. The number of nitrogens with one attached hydrogen (secondary N) is 1. The molecule has 0 fully saturated rings. The van der Waals surface area contributed by atoms with E-state index in [0.717, 1.165) is 25.1 Å². The van der Waals surface area contributed by atoms with Crippen LogP contribution in [-0.4, -0.2) is 20.8 Å². The van der Waals surface area contributed by atoms with Gasteiger partial charge in [-0.3, -0.25) is 0 Å². The van der Waals surface area contributed by atoms with Crippen molar-refractivity contribution in [2.24, 2.45) is 0 Å². The zero-order valence-electron chi connectivity index (χ0n) is 10.4. The summed E-state index contributed by atoms with van der Waals surface area (Å²) in [7, 11) is 3.19. The van der Waals surface area contributed by atoms with Gasteiger partial charge in [0, 0.05) is 6.54 Å². The highest BCUT2D eigenvalue weighted by Crippen LogP contribution is 2.35. The first-order chi connectivity index (χ1) is 7.72. The highest BCUT2D eigenvalue weighted by atomic mass is 35.5. The summed E-state index contributed by atoms with van der Waals surface area (Å²) in [6, 6.07) is 3.83. The van der Waals surface area contributed by atoms with Gasteiger partial charge in [0.15, 0.2) is 11.5 Å². The summed E-state index contributed by atoms with van der Waals surface area (Å²) in [4.78, 5) is 0. The molecule has 1 rings (SSSR count). The number of rotatable bonds is 6. The fraction of sp³-hybridized carbons (Fsp3) is 0.500. The summed E-state index contributed by atoms with van der Waals surface area (Å²) in [5.74, 6) is 1.26. The molecule has 1 N–H and O–H groups in total. The van der Waals surface area contributed by atoms with E-state index in [9.17, 15) is 0 Å². The van der Waals surface area contributed by atoms with Gasteiger partial charge in [-0.1, -0.05) is 18.5 Å². The maximum atomic E-state index is 6.09. The number of halogens is 2. The molecule has 0 aromatic heterocycles. The second-order valence-corrected chi connectivity index (χ2v) is 3.90. The van der Waals surface area contributed by atoms with Crippen molar-refractivity contribution in [3.8, 4) is 11.5 Å². The predicted octanol–water partition coefficient (Wildman–Crippen LogP) is 3.28. The normalized spacial score (nSPS) is 9.65. The van der Waals surface area contributed by atoms with Crippen LogP contribution in [0.5, 0.6) is 11.5 Å². The smallest absolute Gasteiger partial charge is 0.179 e. The Morgan fingerprint density at radius 1 is 1.24 bits per heavy atom. The van der Waals surface area contributed by atoms with Gasteiger partial charge in [0.1, 0.15) is 0 Å². The van der Waals surface area contributed by atoms with Crippen LogP contribution >= 0.6 is 24.0 Å². The van der Waals surface area contributed by atoms with Crippen LogP contribution in [0.25, 0.3) is 0 Å². The van der Waals surface area contributed by atoms with E-state index in [1.54, 1.807) is 14.2 Å². The van der Waals surface area contributed by atoms with Crippen molar-refractivity contribution in [1.82, 2.24) is 5.32 Å². The van der Waals surface area contributed by atoms with Gasteiger partial charge in [0.05, 0.1) is 19.2 Å². The van der Waals surface area contributed by atoms with Crippen molar-refractivity contribution in [2.75, 3.05) is 20.8 Å². The zero-order valence-corrected chi connectivity index (χ0v) is 12.0. The van der Waals surface area contributed by atoms with E-state index in [0.29, 0.717) is 16.5 Å². The Bertz CT molecular complexity index is 346. The monoisotopic (exact) mass is 279 g/mol. The van der Waals surface area contributed by atoms with Crippen LogP contribution in [0.2, 0.25) is 5.02 Å². The molecule has 1 aromatic rings. The van der Waals surface area contributed by atoms with E-state index in [1.165, 1.54) is 0 Å². The molecule has 0 radical (unpaired) electrons. The van der Waals surface area contributed by atoms with Crippen LogP contribution in [0.15, 0.2) is 12.1 Å². The summed E-state index contributed by atoms with van der Waals surface area (Å²) >= 11 is 6.09. The lowest BCUT2D eigenvalue weighted by atomic mass is 10.2. The molecule has 0 saturated heterocycles. The van der Waals surface area contributed by atoms with Crippen LogP contribution in [0.1, 0.15) is 18.9 Å². The SMILES string of the molecule is CCCNCc1cc(Cl)c(OC)c(OC)c1.Cl. The van der Waals surface area contributed by atoms with Gasteiger partial charge in [0.2, 0.25) is 0 Å². The highest BCUT2D eigenvalue weighted by molar-refractivity contribution is 6.32. The van der Waals surface area contributed by atoms with Crippen molar-refractivity contribution in [3.63, 3.8) is 0 Å². The maximum Gasteiger partial charge on any atom is 0.179 e. The molecule has 1 aromatic carbocycles. The third-order valence-corrected chi connectivity index (χ3v) is 2.53. The van der Waals surface area contributed by atoms with Gasteiger partial charge in [0.25, 0.3) is 0 Å². The first-order valence-corrected chi connectivity index (χ1v) is 5.71. The van der Waals surface area contributed by atoms with Gasteiger partial charge in [-0.25, -0.2) is 0 Å². The van der Waals surface area contributed by atoms with Crippen LogP contribution in [0.3, 0.4) is 0 Å². The molecule has 0 aliphatic rings. The first kappa shape index (κ1) is 16.4. The Kier molecular flexibility index (Phi) is 8.13. The maximum absolute atomic E-state index is 6.09. The molecular weight excluding hydrogens is 261 g/mol. The highest BCUT2D eigenvalue weighted by Gasteiger charge is 2.10. The van der Waals surface area contributed by atoms with Gasteiger partial charge in [-0.05, 0) is 30.7 Å². The van der Waals surface area contributed by atoms with E-state index in [-0.39, 0.29) is 12.4 Å². The molecule has 0 bridgehead atoms. The van der Waals surface area contributed by atoms with Crippen molar-refractivity contribution in [2.45, 2.75) is 19.9 Å². The molecule has 0 unspecified atom stereocenters. The summed E-state index contributed by atoms with van der Waals surface area (Å²) < 4.78 is 10.4. The largest absolute Gasteiger partial charge is 0.493 e.